The Bertz CT molecular complexity index is 3070. The van der Waals surface area contributed by atoms with Crippen LogP contribution in [0.1, 0.15) is 84.0 Å². The lowest BCUT2D eigenvalue weighted by molar-refractivity contribution is -0.479. The summed E-state index contributed by atoms with van der Waals surface area (Å²) in [5.41, 5.74) is 0. The van der Waals surface area contributed by atoms with E-state index in [4.69, 9.17) is 20.2 Å². The van der Waals surface area contributed by atoms with Gasteiger partial charge in [-0.3, -0.25) is 12.1 Å². The molecule has 0 heterocycles. The van der Waals surface area contributed by atoms with Crippen molar-refractivity contribution in [1.29, 1.82) is 0 Å². The van der Waals surface area contributed by atoms with Gasteiger partial charge in [0.05, 0.1) is 0 Å². The van der Waals surface area contributed by atoms with E-state index in [0.29, 0.717) is 6.42 Å². The number of hydrogen-bond donors (Lipinski definition) is 1. The average Bonchev–Trinajstić information content (AvgIpc) is 0.763. The van der Waals surface area contributed by atoms with Crippen LogP contribution in [-0.2, 0) is 4.79 Å². The van der Waals surface area contributed by atoms with Gasteiger partial charge >= 0.3 is 5.97 Å². The fourth-order valence-electron chi connectivity index (χ4n) is 12.4. The van der Waals surface area contributed by atoms with Gasteiger partial charge in [-0.15, -0.1) is 0 Å². The molecule has 0 saturated heterocycles. The van der Waals surface area contributed by atoms with Crippen LogP contribution in [0.3, 0.4) is 0 Å². The van der Waals surface area contributed by atoms with Gasteiger partial charge in [-0.2, -0.15) is 0 Å². The molecule has 0 fully saturated rings. The molecule has 0 saturated carbocycles. The molecule has 0 amide bonds. The molecule has 0 bridgehead atoms. The Morgan fingerprint density at radius 1 is 0.242 bits per heavy atom. The zero-order chi connectivity index (χ0) is 66.5. The second-order valence-corrected chi connectivity index (χ2v) is 33.2. The van der Waals surface area contributed by atoms with Crippen LogP contribution in [0.4, 0.5) is 0 Å². The van der Waals surface area contributed by atoms with Crippen molar-refractivity contribution in [3.8, 4) is 0 Å². The second-order valence-electron chi connectivity index (χ2n) is 23.0. The van der Waals surface area contributed by atoms with Gasteiger partial charge in [0.15, 0.2) is 0 Å². The van der Waals surface area contributed by atoms with Crippen molar-refractivity contribution < 1.29 is 25.0 Å². The van der Waals surface area contributed by atoms with Crippen LogP contribution in [0, 0.1) is 0 Å². The van der Waals surface area contributed by atoms with E-state index >= 15 is 0 Å². The standard InChI is InChI=1S/3C24H20P.C14H28O2.BO3/c3*1-5-13-21(14-6-1)25(22-15-7-2-8-16-22,23-17-9-3-10-18-23)24-19-11-4-12-20-24;1-2-3-4-5-6-7-8-9-10-11-12-13-14(15)16;2-1(3)4/h3*1-20H;2-13H2,1H3,(H,15,16);/q3*+1;;-3. The minimum absolute atomic E-state index is 0.344. The first-order chi connectivity index (χ1) is 46.8. The van der Waals surface area contributed by atoms with Crippen molar-refractivity contribution in [1.82, 2.24) is 0 Å². The van der Waals surface area contributed by atoms with Gasteiger partial charge in [0.1, 0.15) is 85.4 Å². The van der Waals surface area contributed by atoms with Crippen LogP contribution in [0.15, 0.2) is 364 Å². The maximum atomic E-state index is 10.3. The monoisotopic (exact) mass is 1300 g/mol. The molecule has 12 aromatic carbocycles. The fourth-order valence-corrected chi connectivity index (χ4v) is 25.2. The molecule has 0 aliphatic rings. The zero-order valence-electron chi connectivity index (χ0n) is 54.6. The molecule has 0 atom stereocenters. The Labute approximate surface area is 568 Å². The van der Waals surface area contributed by atoms with E-state index in [0.717, 1.165) is 12.8 Å². The van der Waals surface area contributed by atoms with Gasteiger partial charge in [0.2, 0.25) is 0 Å². The van der Waals surface area contributed by atoms with E-state index in [9.17, 15) is 4.79 Å². The number of hydrogen-bond acceptors (Lipinski definition) is 4. The van der Waals surface area contributed by atoms with E-state index in [2.05, 4.69) is 371 Å². The molecule has 5 nitrogen and oxygen atoms in total. The Kier molecular flexibility index (Phi) is 30.3. The van der Waals surface area contributed by atoms with Crippen molar-refractivity contribution in [3.63, 3.8) is 0 Å². The Balaban J connectivity index is 0.000000161. The second kappa shape index (κ2) is 39.9. The highest BCUT2D eigenvalue weighted by atomic mass is 31.2. The van der Waals surface area contributed by atoms with E-state index in [1.54, 1.807) is 0 Å². The predicted molar refractivity (Wildman–Crippen MR) is 408 cm³/mol. The van der Waals surface area contributed by atoms with Gasteiger partial charge in [-0.25, -0.2) is 0 Å². The van der Waals surface area contributed by atoms with Crippen LogP contribution in [0.5, 0.6) is 0 Å². The summed E-state index contributed by atoms with van der Waals surface area (Å²) >= 11 is 0. The number of rotatable bonds is 24. The smallest absolute Gasteiger partial charge is 0.303 e. The zero-order valence-corrected chi connectivity index (χ0v) is 57.3. The van der Waals surface area contributed by atoms with E-state index < -0.39 is 35.1 Å². The van der Waals surface area contributed by atoms with Crippen LogP contribution < -0.4 is 78.7 Å². The van der Waals surface area contributed by atoms with Crippen LogP contribution in [0.25, 0.3) is 0 Å². The number of carboxylic acids is 1. The molecule has 95 heavy (non-hydrogen) atoms. The summed E-state index contributed by atoms with van der Waals surface area (Å²) < 4.78 is 0. The number of carboxylic acid groups (broad SMARTS) is 1. The van der Waals surface area contributed by atoms with Gasteiger partial charge in [-0.05, 0) is 152 Å². The summed E-state index contributed by atoms with van der Waals surface area (Å²) in [5.74, 6) is -0.657. The van der Waals surface area contributed by atoms with Gasteiger partial charge < -0.3 is 20.2 Å². The first kappa shape index (κ1) is 72.2. The first-order valence-electron chi connectivity index (χ1n) is 33.3. The van der Waals surface area contributed by atoms with E-state index in [1.807, 2.05) is 0 Å². The Hall–Kier alpha value is -8.66. The summed E-state index contributed by atoms with van der Waals surface area (Å²) in [5, 5.41) is 50.4. The van der Waals surface area contributed by atoms with Crippen LogP contribution in [-0.4, -0.2) is 18.4 Å². The quantitative estimate of drug-likeness (QED) is 0.0368. The molecule has 480 valence electrons. The van der Waals surface area contributed by atoms with Crippen molar-refractivity contribution in [3.05, 3.63) is 364 Å². The van der Waals surface area contributed by atoms with Gasteiger partial charge in [0.25, 0.3) is 0 Å². The average molecular weight is 1310 g/mol. The molecule has 0 radical (unpaired) electrons. The third-order valence-electron chi connectivity index (χ3n) is 16.7. The lowest BCUT2D eigenvalue weighted by atomic mass is 10.1. The third kappa shape index (κ3) is 20.0. The van der Waals surface area contributed by atoms with Gasteiger partial charge in [0, 0.05) is 6.42 Å². The summed E-state index contributed by atoms with van der Waals surface area (Å²) in [7, 11) is -8.63. The largest absolute Gasteiger partial charge is 0.907 e. The number of benzene rings is 12. The molecule has 0 aromatic heterocycles. The fraction of sp³-hybridized carbons (Fsp3) is 0.151. The highest BCUT2D eigenvalue weighted by Crippen LogP contribution is 2.56. The maximum Gasteiger partial charge on any atom is 0.303 e. The van der Waals surface area contributed by atoms with E-state index in [-0.39, 0.29) is 0 Å². The SMILES string of the molecule is CCCCCCCCCCCCCC(=O)O.[O-]B([O-])[O-].c1ccc([P+](c2ccccc2)(c2ccccc2)c2ccccc2)cc1.c1ccc([P+](c2ccccc2)(c2ccccc2)c2ccccc2)cc1.c1ccc([P+](c2ccccc2)(c2ccccc2)c2ccccc2)cc1. The molecule has 0 spiro atoms. The highest BCUT2D eigenvalue weighted by molar-refractivity contribution is 8.02. The number of unbranched alkanes of at least 4 members (excludes halogenated alkanes) is 10. The molecule has 12 rings (SSSR count). The molecule has 12 aromatic rings. The minimum Gasteiger partial charge on any atom is -0.907 e. The Morgan fingerprint density at radius 3 is 0.474 bits per heavy atom. The summed E-state index contributed by atoms with van der Waals surface area (Å²) in [6.07, 6.45) is 14.4. The molecule has 1 N–H and O–H groups in total. The normalized spacial score (nSPS) is 10.9. The van der Waals surface area contributed by atoms with Gasteiger partial charge in [-0.1, -0.05) is 290 Å². The highest BCUT2D eigenvalue weighted by Gasteiger charge is 2.50. The van der Waals surface area contributed by atoms with Crippen molar-refractivity contribution in [2.75, 3.05) is 0 Å². The van der Waals surface area contributed by atoms with Crippen LogP contribution >= 0.6 is 21.8 Å². The predicted octanol–water partition coefficient (Wildman–Crippen LogP) is 13.7. The van der Waals surface area contributed by atoms with Crippen molar-refractivity contribution in [2.45, 2.75) is 84.0 Å². The third-order valence-corrected chi connectivity index (χ3v) is 29.6. The topological polar surface area (TPSA) is 106 Å². The number of aliphatic carboxylic acids is 1. The lowest BCUT2D eigenvalue weighted by Crippen LogP contribution is -2.56. The van der Waals surface area contributed by atoms with Crippen molar-refractivity contribution in [2.24, 2.45) is 0 Å². The minimum atomic E-state index is -2.92. The van der Waals surface area contributed by atoms with Crippen LogP contribution in [0.2, 0.25) is 0 Å². The van der Waals surface area contributed by atoms with Crippen molar-refractivity contribution >= 4 is 98.7 Å². The molecule has 0 aliphatic carbocycles. The summed E-state index contributed by atoms with van der Waals surface area (Å²) in [6.45, 7) is 2.25. The summed E-state index contributed by atoms with van der Waals surface area (Å²) in [4.78, 5) is 10.3. The maximum absolute atomic E-state index is 10.3. The first-order valence-corrected chi connectivity index (χ1v) is 38.7. The lowest BCUT2D eigenvalue weighted by Gasteiger charge is -2.35. The number of carbonyl (C=O) groups is 1. The van der Waals surface area contributed by atoms with E-state index in [1.165, 1.54) is 121 Å². The molecule has 0 unspecified atom stereocenters. The molecular weight excluding hydrogens is 1220 g/mol. The summed E-state index contributed by atoms with van der Waals surface area (Å²) in [6, 6.07) is 131. The molecule has 0 aliphatic heterocycles. The Morgan fingerprint density at radius 2 is 0.358 bits per heavy atom. The molecular formula is C86H88BO5P3. The molecule has 9 heteroatoms.